The standard InChI is InChI=1S/C72H74N8O4/c1-5-49-57(53(9-1)81-61-41-17-33-13-34(19-41)20-42(61)18-33)69-73-65(49)77-70-58-50(6-2-10-54(58)82-62-43-21-35-14-36(23-43)24-44(62)22-35)67(74-70)79-72-60-52(8-4-12-56(60)84-64-47-29-39-16-40(31-47)32-48(64)30-39)68(76-72)80-71-59-51(66(75-71)78-69)7-3-11-55(59)83-63-45-25-37-15-38(27-45)28-46(63)26-37/h1-12,33-48,61-64H,13-32H2,(H2,73,74,75,76,77,78,79,80). The van der Waals surface area contributed by atoms with E-state index < -0.39 is 0 Å². The summed E-state index contributed by atoms with van der Waals surface area (Å²) in [6.07, 6.45) is 26.6. The molecular formula is C72H74N8O4. The summed E-state index contributed by atoms with van der Waals surface area (Å²) < 4.78 is 29.9. The van der Waals surface area contributed by atoms with Gasteiger partial charge < -0.3 is 28.9 Å². The van der Waals surface area contributed by atoms with Crippen LogP contribution in [-0.4, -0.2) is 64.3 Å². The number of aromatic nitrogens is 8. The molecule has 12 heteroatoms. The lowest BCUT2D eigenvalue weighted by Gasteiger charge is -2.53. The highest BCUT2D eigenvalue weighted by atomic mass is 16.5. The summed E-state index contributed by atoms with van der Waals surface area (Å²) in [5, 5.41) is 3.71. The van der Waals surface area contributed by atoms with Crippen molar-refractivity contribution in [1.82, 2.24) is 39.9 Å². The van der Waals surface area contributed by atoms with Crippen LogP contribution in [0.15, 0.2) is 72.8 Å². The van der Waals surface area contributed by atoms with Crippen LogP contribution in [0.1, 0.15) is 128 Å². The Hall–Kier alpha value is -6.56. The van der Waals surface area contributed by atoms with E-state index in [1.807, 2.05) is 0 Å². The van der Waals surface area contributed by atoms with E-state index in [1.165, 1.54) is 128 Å². The molecule has 25 rings (SSSR count). The summed E-state index contributed by atoms with van der Waals surface area (Å²) >= 11 is 0. The minimum atomic E-state index is 0.173. The Morgan fingerprint density at radius 2 is 0.548 bits per heavy atom. The third kappa shape index (κ3) is 7.17. The number of ether oxygens (including phenoxy) is 4. The van der Waals surface area contributed by atoms with Gasteiger partial charge in [-0.05, 0) is 247 Å². The van der Waals surface area contributed by atoms with Crippen LogP contribution in [0.25, 0.3) is 89.7 Å². The molecule has 0 unspecified atom stereocenters. The lowest BCUT2D eigenvalue weighted by Crippen LogP contribution is -2.50. The molecule has 0 spiro atoms. The van der Waals surface area contributed by atoms with Gasteiger partial charge in [0.25, 0.3) is 0 Å². The second kappa shape index (κ2) is 17.6. The van der Waals surface area contributed by atoms with Crippen molar-refractivity contribution < 1.29 is 18.9 Å². The summed E-state index contributed by atoms with van der Waals surface area (Å²) in [7, 11) is 0. The monoisotopic (exact) mass is 1110 g/mol. The Labute approximate surface area is 489 Å². The number of rotatable bonds is 8. The highest BCUT2D eigenvalue weighted by molar-refractivity contribution is 6.10. The molecule has 16 saturated carbocycles. The van der Waals surface area contributed by atoms with Crippen LogP contribution in [0.3, 0.4) is 0 Å². The number of nitrogens with zero attached hydrogens (tertiary/aromatic N) is 6. The van der Waals surface area contributed by atoms with Gasteiger partial charge in [0.1, 0.15) is 70.0 Å². The molecule has 16 fully saturated rings. The van der Waals surface area contributed by atoms with Gasteiger partial charge >= 0.3 is 0 Å². The lowest BCUT2D eigenvalue weighted by atomic mass is 9.55. The average molecular weight is 1120 g/mol. The summed E-state index contributed by atoms with van der Waals surface area (Å²) in [4.78, 5) is 41.6. The van der Waals surface area contributed by atoms with Gasteiger partial charge in [0.2, 0.25) is 0 Å². The number of benzene rings is 4. The zero-order chi connectivity index (χ0) is 54.2. The second-order valence-electron chi connectivity index (χ2n) is 30.4. The van der Waals surface area contributed by atoms with E-state index in [-0.39, 0.29) is 24.4 Å². The fourth-order valence-corrected chi connectivity index (χ4v) is 23.1. The first-order chi connectivity index (χ1) is 41.4. The number of nitrogens with one attached hydrogen (secondary N) is 2. The largest absolute Gasteiger partial charge is 0.489 e. The molecule has 2 N–H and O–H groups in total. The summed E-state index contributed by atoms with van der Waals surface area (Å²) in [6.45, 7) is 0. The topological polar surface area (TPSA) is 146 Å². The van der Waals surface area contributed by atoms with Crippen molar-refractivity contribution in [2.24, 2.45) is 94.7 Å². The smallest absolute Gasteiger partial charge is 0.168 e. The Morgan fingerprint density at radius 1 is 0.274 bits per heavy atom. The van der Waals surface area contributed by atoms with Crippen LogP contribution in [-0.2, 0) is 0 Å². The number of aromatic amines is 2. The molecule has 18 aliphatic rings. The normalized spacial score (nSPS) is 38.0. The minimum Gasteiger partial charge on any atom is -0.489 e. The van der Waals surface area contributed by atoms with Crippen molar-refractivity contribution in [3.8, 4) is 68.5 Å². The molecule has 7 aromatic rings. The minimum absolute atomic E-state index is 0.173. The predicted molar refractivity (Wildman–Crippen MR) is 322 cm³/mol. The van der Waals surface area contributed by atoms with Crippen molar-refractivity contribution in [2.75, 3.05) is 0 Å². The van der Waals surface area contributed by atoms with E-state index >= 15 is 0 Å². The van der Waals surface area contributed by atoms with Gasteiger partial charge in [-0.3, -0.25) is 0 Å². The first kappa shape index (κ1) is 47.7. The van der Waals surface area contributed by atoms with Crippen molar-refractivity contribution in [1.29, 1.82) is 0 Å². The fourth-order valence-electron chi connectivity index (χ4n) is 23.1. The molecule has 3 aromatic heterocycles. The molecule has 12 nitrogen and oxygen atoms in total. The Morgan fingerprint density at radius 3 is 0.869 bits per heavy atom. The molecule has 5 heterocycles. The molecule has 0 amide bonds. The SMILES string of the molecule is c1cc(OC2C3CC4CC(C3)CC2C4)c2c(c1)-c1nc-2nc2[nH]c(nc3nc(nc4[nH]c(n1)c1c(OC5C6CC7CC(C6)CC5C7)cccc41)-c1c(OC4C5CC6CC(C5)CC4C6)cccc1-3)c1c(OC3C4CC5CC(C4)CC3C5)cccc21. The van der Waals surface area contributed by atoms with E-state index in [0.717, 1.165) is 114 Å². The second-order valence-corrected chi connectivity index (χ2v) is 30.4. The Balaban J connectivity index is 0.801. The zero-order valence-corrected chi connectivity index (χ0v) is 47.9. The van der Waals surface area contributed by atoms with Crippen LogP contribution >= 0.6 is 0 Å². The van der Waals surface area contributed by atoms with Crippen molar-refractivity contribution in [3.05, 3.63) is 72.8 Å². The molecule has 0 radical (unpaired) electrons. The zero-order valence-electron chi connectivity index (χ0n) is 47.9. The van der Waals surface area contributed by atoms with Gasteiger partial charge in [-0.2, -0.15) is 0 Å². The summed E-state index contributed by atoms with van der Waals surface area (Å²) in [5.41, 5.74) is 6.28. The van der Waals surface area contributed by atoms with E-state index in [1.54, 1.807) is 0 Å². The quantitative estimate of drug-likeness (QED) is 0.151. The number of hydrogen-bond donors (Lipinski definition) is 2. The average Bonchev–Trinajstić information content (AvgIpc) is 3.42. The van der Waals surface area contributed by atoms with Crippen LogP contribution in [0.4, 0.5) is 0 Å². The highest BCUT2D eigenvalue weighted by Gasteiger charge is 2.54. The third-order valence-corrected chi connectivity index (χ3v) is 25.4. The predicted octanol–water partition coefficient (Wildman–Crippen LogP) is 15.7. The number of hydrogen-bond acceptors (Lipinski definition) is 10. The van der Waals surface area contributed by atoms with Crippen molar-refractivity contribution in [3.63, 3.8) is 0 Å². The van der Waals surface area contributed by atoms with Crippen molar-refractivity contribution in [2.45, 2.75) is 153 Å². The number of fused-ring (bicyclic) bond motifs is 20. The summed E-state index contributed by atoms with van der Waals surface area (Å²) in [6, 6.07) is 25.9. The molecule has 4 aromatic carbocycles. The van der Waals surface area contributed by atoms with Gasteiger partial charge in [-0.15, -0.1) is 0 Å². The van der Waals surface area contributed by atoms with Gasteiger partial charge in [-0.25, -0.2) is 29.9 Å². The lowest BCUT2D eigenvalue weighted by molar-refractivity contribution is -0.0787. The molecule has 0 atom stereocenters. The fraction of sp³-hybridized carbons (Fsp3) is 0.556. The number of H-pyrrole nitrogens is 2. The molecule has 84 heavy (non-hydrogen) atoms. The van der Waals surface area contributed by atoms with Gasteiger partial charge in [0.05, 0.1) is 21.9 Å². The van der Waals surface area contributed by atoms with Gasteiger partial charge in [0.15, 0.2) is 23.3 Å². The van der Waals surface area contributed by atoms with Crippen LogP contribution < -0.4 is 18.9 Å². The first-order valence-corrected chi connectivity index (χ1v) is 33.4. The van der Waals surface area contributed by atoms with E-state index in [2.05, 4.69) is 82.8 Å². The van der Waals surface area contributed by atoms with E-state index in [4.69, 9.17) is 48.9 Å². The highest BCUT2D eigenvalue weighted by Crippen LogP contribution is 2.60. The van der Waals surface area contributed by atoms with Crippen LogP contribution in [0, 0.1) is 94.7 Å². The maximum Gasteiger partial charge on any atom is 0.168 e. The van der Waals surface area contributed by atoms with Gasteiger partial charge in [-0.1, -0.05) is 48.5 Å². The molecule has 16 aliphatic carbocycles. The first-order valence-electron chi connectivity index (χ1n) is 33.4. The Kier molecular flexibility index (Phi) is 9.96. The maximum absolute atomic E-state index is 7.47. The van der Waals surface area contributed by atoms with Crippen LogP contribution in [0.5, 0.6) is 23.0 Å². The van der Waals surface area contributed by atoms with E-state index in [9.17, 15) is 0 Å². The molecule has 0 saturated heterocycles. The molecule has 2 aliphatic heterocycles. The molecular weight excluding hydrogens is 1040 g/mol. The molecule has 24 bridgehead atoms. The third-order valence-electron chi connectivity index (χ3n) is 25.4. The maximum atomic E-state index is 7.47. The van der Waals surface area contributed by atoms with Crippen molar-refractivity contribution >= 4 is 44.1 Å². The van der Waals surface area contributed by atoms with E-state index in [0.29, 0.717) is 93.2 Å². The summed E-state index contributed by atoms with van der Waals surface area (Å²) in [5.74, 6) is 17.0. The molecule has 426 valence electrons. The van der Waals surface area contributed by atoms with Crippen LogP contribution in [0.2, 0.25) is 0 Å². The Bertz CT molecular complexity index is 3750. The van der Waals surface area contributed by atoms with Gasteiger partial charge in [0, 0.05) is 21.9 Å².